The third-order valence-electron chi connectivity index (χ3n) is 1.10. The van der Waals surface area contributed by atoms with Crippen LogP contribution in [-0.4, -0.2) is 16.4 Å². The minimum Gasteiger partial charge on any atom is -0.368 e. The summed E-state index contributed by atoms with van der Waals surface area (Å²) < 4.78 is -0.194. The van der Waals surface area contributed by atoms with E-state index in [1.807, 2.05) is 6.92 Å². The molecule has 40 valence electrons. The first-order chi connectivity index (χ1) is 3.15. The Labute approximate surface area is 46.5 Å². The highest BCUT2D eigenvalue weighted by Crippen LogP contribution is 2.43. The van der Waals surface area contributed by atoms with Crippen LogP contribution in [0.2, 0.25) is 0 Å². The van der Waals surface area contributed by atoms with E-state index in [4.69, 9.17) is 5.73 Å². The Morgan fingerprint density at radius 1 is 2.00 bits per heavy atom. The lowest BCUT2D eigenvalue weighted by molar-refractivity contribution is -0.118. The zero-order valence-corrected chi connectivity index (χ0v) is 4.92. The van der Waals surface area contributed by atoms with Gasteiger partial charge in [0.1, 0.15) is 4.75 Å². The maximum absolute atomic E-state index is 10.3. The van der Waals surface area contributed by atoms with Crippen LogP contribution in [0, 0.1) is 0 Å². The molecular weight excluding hydrogens is 110 g/mol. The number of thioether (sulfide) groups is 1. The van der Waals surface area contributed by atoms with E-state index >= 15 is 0 Å². The average molecular weight is 117 g/mol. The van der Waals surface area contributed by atoms with Gasteiger partial charge in [0.05, 0.1) is 0 Å². The molecule has 0 aromatic heterocycles. The molecule has 1 rings (SSSR count). The van der Waals surface area contributed by atoms with E-state index in [9.17, 15) is 4.79 Å². The lowest BCUT2D eigenvalue weighted by atomic mass is 10.2. The summed E-state index contributed by atoms with van der Waals surface area (Å²) >= 11 is 1.60. The van der Waals surface area contributed by atoms with Crippen LogP contribution < -0.4 is 5.73 Å². The zero-order chi connectivity index (χ0) is 5.49. The number of amides is 1. The van der Waals surface area contributed by atoms with Gasteiger partial charge in [-0.2, -0.15) is 0 Å². The molecule has 1 aliphatic heterocycles. The minimum absolute atomic E-state index is 0.183. The maximum atomic E-state index is 10.3. The first-order valence-corrected chi connectivity index (χ1v) is 3.07. The number of carbonyl (C=O) groups excluding carboxylic acids is 1. The van der Waals surface area contributed by atoms with E-state index in [-0.39, 0.29) is 10.7 Å². The van der Waals surface area contributed by atoms with Gasteiger partial charge in [-0.1, -0.05) is 0 Å². The third-order valence-corrected chi connectivity index (χ3v) is 2.45. The number of nitrogens with two attached hydrogens (primary N) is 1. The molecule has 0 aliphatic carbocycles. The summed E-state index contributed by atoms with van der Waals surface area (Å²) in [6.45, 7) is 1.86. The molecule has 1 aliphatic rings. The van der Waals surface area contributed by atoms with Gasteiger partial charge in [-0.25, -0.2) is 0 Å². The Bertz CT molecular complexity index is 108. The van der Waals surface area contributed by atoms with Crippen molar-refractivity contribution in [2.45, 2.75) is 11.7 Å². The fraction of sp³-hybridized carbons (Fsp3) is 0.750. The average Bonchev–Trinajstić information content (AvgIpc) is 2.21. The molecule has 0 bridgehead atoms. The van der Waals surface area contributed by atoms with Crippen molar-refractivity contribution in [3.8, 4) is 0 Å². The third kappa shape index (κ3) is 0.725. The summed E-state index contributed by atoms with van der Waals surface area (Å²) in [5, 5.41) is 0. The number of primary amides is 1. The van der Waals surface area contributed by atoms with Crippen molar-refractivity contribution < 1.29 is 4.79 Å². The number of rotatable bonds is 1. The summed E-state index contributed by atoms with van der Waals surface area (Å²) in [6, 6.07) is 0. The largest absolute Gasteiger partial charge is 0.368 e. The molecule has 3 heteroatoms. The van der Waals surface area contributed by atoms with Crippen molar-refractivity contribution in [1.29, 1.82) is 0 Å². The van der Waals surface area contributed by atoms with E-state index in [0.29, 0.717) is 0 Å². The SMILES string of the molecule is C[C@]1(C(N)=O)CS1. The van der Waals surface area contributed by atoms with Gasteiger partial charge >= 0.3 is 0 Å². The van der Waals surface area contributed by atoms with Crippen LogP contribution in [0.1, 0.15) is 6.92 Å². The molecule has 0 spiro atoms. The van der Waals surface area contributed by atoms with E-state index in [1.165, 1.54) is 0 Å². The molecule has 0 radical (unpaired) electrons. The molecule has 1 saturated heterocycles. The normalized spacial score (nSPS) is 37.9. The fourth-order valence-electron chi connectivity index (χ4n) is 0.251. The van der Waals surface area contributed by atoms with Crippen molar-refractivity contribution >= 4 is 17.7 Å². The quantitative estimate of drug-likeness (QED) is 0.490. The second kappa shape index (κ2) is 1.15. The Balaban J connectivity index is 2.55. The number of hydrogen-bond acceptors (Lipinski definition) is 2. The molecule has 1 atom stereocenters. The summed E-state index contributed by atoms with van der Waals surface area (Å²) in [4.78, 5) is 10.3. The monoisotopic (exact) mass is 117 g/mol. The highest BCUT2D eigenvalue weighted by Gasteiger charge is 2.44. The molecule has 2 nitrogen and oxygen atoms in total. The van der Waals surface area contributed by atoms with Crippen LogP contribution in [-0.2, 0) is 4.79 Å². The molecule has 0 aromatic carbocycles. The highest BCUT2D eigenvalue weighted by molar-refractivity contribution is 8.08. The molecule has 0 saturated carbocycles. The van der Waals surface area contributed by atoms with Gasteiger partial charge in [-0.05, 0) is 6.92 Å². The Hall–Kier alpha value is -0.180. The lowest BCUT2D eigenvalue weighted by Crippen LogP contribution is -2.27. The molecule has 1 fully saturated rings. The predicted molar refractivity (Wildman–Crippen MR) is 30.1 cm³/mol. The van der Waals surface area contributed by atoms with Crippen molar-refractivity contribution in [2.75, 3.05) is 5.75 Å². The van der Waals surface area contributed by atoms with Gasteiger partial charge in [0.25, 0.3) is 0 Å². The Morgan fingerprint density at radius 2 is 2.43 bits per heavy atom. The fourth-order valence-corrected chi connectivity index (χ4v) is 0.752. The minimum atomic E-state index is -0.194. The van der Waals surface area contributed by atoms with Crippen LogP contribution in [0.3, 0.4) is 0 Å². The lowest BCUT2D eigenvalue weighted by Gasteiger charge is -1.94. The number of hydrogen-bond donors (Lipinski definition) is 1. The predicted octanol–water partition coefficient (Wildman–Crippen LogP) is -0.0228. The smallest absolute Gasteiger partial charge is 0.234 e. The van der Waals surface area contributed by atoms with E-state index in [0.717, 1.165) is 5.75 Å². The highest BCUT2D eigenvalue weighted by atomic mass is 32.2. The summed E-state index contributed by atoms with van der Waals surface area (Å²) in [7, 11) is 0. The zero-order valence-electron chi connectivity index (χ0n) is 4.10. The second-order valence-electron chi connectivity index (χ2n) is 1.88. The van der Waals surface area contributed by atoms with Gasteiger partial charge in [0.15, 0.2) is 0 Å². The molecule has 7 heavy (non-hydrogen) atoms. The second-order valence-corrected chi connectivity index (χ2v) is 3.36. The summed E-state index contributed by atoms with van der Waals surface area (Å²) in [5.74, 6) is 0.722. The molecule has 2 N–H and O–H groups in total. The van der Waals surface area contributed by atoms with Crippen molar-refractivity contribution in [2.24, 2.45) is 5.73 Å². The summed E-state index contributed by atoms with van der Waals surface area (Å²) in [6.07, 6.45) is 0. The van der Waals surface area contributed by atoms with E-state index in [2.05, 4.69) is 0 Å². The first-order valence-electron chi connectivity index (χ1n) is 2.09. The molecule has 0 unspecified atom stereocenters. The van der Waals surface area contributed by atoms with Gasteiger partial charge in [0, 0.05) is 5.75 Å². The molecule has 0 aromatic rings. The van der Waals surface area contributed by atoms with Gasteiger partial charge < -0.3 is 5.73 Å². The van der Waals surface area contributed by atoms with Crippen molar-refractivity contribution in [3.63, 3.8) is 0 Å². The van der Waals surface area contributed by atoms with E-state index < -0.39 is 0 Å². The number of carbonyl (C=O) groups is 1. The standard InChI is InChI=1S/C4H7NOS/c1-4(2-7-4)3(5)6/h2H2,1H3,(H2,5,6)/t4-/m1/s1. The van der Waals surface area contributed by atoms with Crippen LogP contribution in [0.5, 0.6) is 0 Å². The maximum Gasteiger partial charge on any atom is 0.234 e. The van der Waals surface area contributed by atoms with Gasteiger partial charge in [0.2, 0.25) is 5.91 Å². The molecular formula is C4H7NOS. The van der Waals surface area contributed by atoms with Gasteiger partial charge in [-0.15, -0.1) is 11.8 Å². The summed E-state index contributed by atoms with van der Waals surface area (Å²) in [5.41, 5.74) is 4.97. The van der Waals surface area contributed by atoms with Gasteiger partial charge in [-0.3, -0.25) is 4.79 Å². The van der Waals surface area contributed by atoms with E-state index in [1.54, 1.807) is 11.8 Å². The van der Waals surface area contributed by atoms with Crippen molar-refractivity contribution in [1.82, 2.24) is 0 Å². The van der Waals surface area contributed by atoms with Crippen LogP contribution in [0.25, 0.3) is 0 Å². The Morgan fingerprint density at radius 3 is 2.43 bits per heavy atom. The Kier molecular flexibility index (Phi) is 0.819. The van der Waals surface area contributed by atoms with Crippen LogP contribution in [0.4, 0.5) is 0 Å². The topological polar surface area (TPSA) is 43.1 Å². The first kappa shape index (κ1) is 4.97. The van der Waals surface area contributed by atoms with Crippen molar-refractivity contribution in [3.05, 3.63) is 0 Å². The van der Waals surface area contributed by atoms with Crippen LogP contribution >= 0.6 is 11.8 Å². The molecule has 1 amide bonds. The molecule has 1 heterocycles. The van der Waals surface area contributed by atoms with Crippen LogP contribution in [0.15, 0.2) is 0 Å².